The van der Waals surface area contributed by atoms with Gasteiger partial charge in [-0.05, 0) is 19.8 Å². The lowest BCUT2D eigenvalue weighted by atomic mass is 9.87. The monoisotopic (exact) mass is 487 g/mol. The van der Waals surface area contributed by atoms with Gasteiger partial charge in [0, 0.05) is 44.0 Å². The van der Waals surface area contributed by atoms with Crippen molar-refractivity contribution in [2.24, 2.45) is 10.4 Å². The van der Waals surface area contributed by atoms with Gasteiger partial charge in [0.05, 0.1) is 6.61 Å². The zero-order chi connectivity index (χ0) is 17.9. The van der Waals surface area contributed by atoms with E-state index in [1.54, 1.807) is 0 Å². The fourth-order valence-corrected chi connectivity index (χ4v) is 3.49. The van der Waals surface area contributed by atoms with Gasteiger partial charge in [-0.3, -0.25) is 0 Å². The minimum absolute atomic E-state index is 0. The SMILES string of the molecule is CCNC(=NCc1nccn1CC(F)(F)F)N1CCC2(CCOC2)C1.I. The number of hydrogen-bond donors (Lipinski definition) is 1. The fourth-order valence-electron chi connectivity index (χ4n) is 3.49. The van der Waals surface area contributed by atoms with Crippen molar-refractivity contribution in [3.63, 3.8) is 0 Å². The molecule has 26 heavy (non-hydrogen) atoms. The molecule has 0 radical (unpaired) electrons. The van der Waals surface area contributed by atoms with Crippen LogP contribution in [0.1, 0.15) is 25.6 Å². The Kier molecular flexibility index (Phi) is 7.17. The highest BCUT2D eigenvalue weighted by molar-refractivity contribution is 14.0. The maximum absolute atomic E-state index is 12.6. The highest BCUT2D eigenvalue weighted by atomic mass is 127. The second kappa shape index (κ2) is 8.77. The Morgan fingerprint density at radius 2 is 2.23 bits per heavy atom. The number of guanidine groups is 1. The molecular formula is C16H25F3IN5O. The molecule has 0 aromatic carbocycles. The number of ether oxygens (including phenoxy) is 1. The van der Waals surface area contributed by atoms with Crippen molar-refractivity contribution in [3.05, 3.63) is 18.2 Å². The summed E-state index contributed by atoms with van der Waals surface area (Å²) in [5, 5.41) is 3.24. The van der Waals surface area contributed by atoms with Crippen LogP contribution in [0.2, 0.25) is 0 Å². The first-order chi connectivity index (χ1) is 11.9. The maximum atomic E-state index is 12.6. The van der Waals surface area contributed by atoms with E-state index in [9.17, 15) is 13.2 Å². The Morgan fingerprint density at radius 1 is 1.42 bits per heavy atom. The molecule has 10 heteroatoms. The largest absolute Gasteiger partial charge is 0.406 e. The van der Waals surface area contributed by atoms with Crippen LogP contribution in [0.3, 0.4) is 0 Å². The Labute approximate surface area is 168 Å². The van der Waals surface area contributed by atoms with Gasteiger partial charge < -0.3 is 19.5 Å². The Balaban J connectivity index is 0.00000243. The van der Waals surface area contributed by atoms with E-state index in [2.05, 4.69) is 20.2 Å². The molecule has 1 unspecified atom stereocenters. The number of rotatable bonds is 4. The standard InChI is InChI=1S/C16H24F3N5O.HI/c1-2-20-14(24-6-3-15(10-24)4-8-25-12-15)22-9-13-21-5-7-23(13)11-16(17,18)19;/h5,7H,2-4,6,8-12H2,1H3,(H,20,22);1H. The van der Waals surface area contributed by atoms with Gasteiger partial charge in [-0.25, -0.2) is 9.98 Å². The zero-order valence-electron chi connectivity index (χ0n) is 14.8. The van der Waals surface area contributed by atoms with Gasteiger partial charge in [-0.15, -0.1) is 24.0 Å². The summed E-state index contributed by atoms with van der Waals surface area (Å²) in [6, 6.07) is 0. The number of aromatic nitrogens is 2. The number of imidazole rings is 1. The second-order valence-electron chi connectivity index (χ2n) is 6.73. The lowest BCUT2D eigenvalue weighted by Crippen LogP contribution is -2.41. The molecule has 3 heterocycles. The van der Waals surface area contributed by atoms with E-state index >= 15 is 0 Å². The van der Waals surface area contributed by atoms with Crippen LogP contribution < -0.4 is 5.32 Å². The molecule has 1 spiro atoms. The van der Waals surface area contributed by atoms with Crippen LogP contribution in [0.4, 0.5) is 13.2 Å². The van der Waals surface area contributed by atoms with Crippen LogP contribution >= 0.6 is 24.0 Å². The first-order valence-corrected chi connectivity index (χ1v) is 8.59. The molecule has 1 aromatic rings. The first kappa shape index (κ1) is 21.3. The summed E-state index contributed by atoms with van der Waals surface area (Å²) in [6.45, 7) is 5.09. The van der Waals surface area contributed by atoms with Crippen molar-refractivity contribution < 1.29 is 17.9 Å². The normalized spacial score (nSPS) is 23.5. The van der Waals surface area contributed by atoms with E-state index in [0.717, 1.165) is 49.7 Å². The van der Waals surface area contributed by atoms with Crippen molar-refractivity contribution in [3.8, 4) is 0 Å². The van der Waals surface area contributed by atoms with E-state index in [1.807, 2.05) is 6.92 Å². The van der Waals surface area contributed by atoms with Crippen molar-refractivity contribution in [1.82, 2.24) is 19.8 Å². The van der Waals surface area contributed by atoms with Crippen LogP contribution in [0.5, 0.6) is 0 Å². The molecule has 6 nitrogen and oxygen atoms in total. The van der Waals surface area contributed by atoms with Crippen LogP contribution in [0.15, 0.2) is 17.4 Å². The molecule has 0 amide bonds. The predicted molar refractivity (Wildman–Crippen MR) is 103 cm³/mol. The van der Waals surface area contributed by atoms with Crippen molar-refractivity contribution in [2.75, 3.05) is 32.8 Å². The van der Waals surface area contributed by atoms with Crippen LogP contribution in [0, 0.1) is 5.41 Å². The van der Waals surface area contributed by atoms with Crippen molar-refractivity contribution in [1.29, 1.82) is 0 Å². The molecule has 2 fully saturated rings. The number of nitrogens with one attached hydrogen (secondary N) is 1. The lowest BCUT2D eigenvalue weighted by Gasteiger charge is -2.25. The molecule has 2 saturated heterocycles. The molecule has 2 aliphatic rings. The van der Waals surface area contributed by atoms with Crippen LogP contribution in [0.25, 0.3) is 0 Å². The predicted octanol–water partition coefficient (Wildman–Crippen LogP) is 2.64. The summed E-state index contributed by atoms with van der Waals surface area (Å²) in [5.74, 6) is 1.04. The van der Waals surface area contributed by atoms with E-state index in [4.69, 9.17) is 4.74 Å². The van der Waals surface area contributed by atoms with Gasteiger partial charge in [0.2, 0.25) is 0 Å². The summed E-state index contributed by atoms with van der Waals surface area (Å²) in [4.78, 5) is 10.7. The summed E-state index contributed by atoms with van der Waals surface area (Å²) in [6.07, 6.45) is 0.558. The Hall–Kier alpha value is -1.04. The molecule has 0 saturated carbocycles. The zero-order valence-corrected chi connectivity index (χ0v) is 17.1. The molecule has 1 aromatic heterocycles. The number of hydrogen-bond acceptors (Lipinski definition) is 3. The molecule has 0 aliphatic carbocycles. The quantitative estimate of drug-likeness (QED) is 0.403. The highest BCUT2D eigenvalue weighted by Gasteiger charge is 2.42. The average Bonchev–Trinajstić information content (AvgIpc) is 3.26. The molecule has 0 bridgehead atoms. The minimum atomic E-state index is -4.27. The smallest absolute Gasteiger partial charge is 0.381 e. The third-order valence-corrected chi connectivity index (χ3v) is 4.78. The van der Waals surface area contributed by atoms with Gasteiger partial charge in [0.25, 0.3) is 0 Å². The van der Waals surface area contributed by atoms with Gasteiger partial charge in [0.15, 0.2) is 5.96 Å². The van der Waals surface area contributed by atoms with Gasteiger partial charge in [-0.2, -0.15) is 13.2 Å². The van der Waals surface area contributed by atoms with Crippen molar-refractivity contribution in [2.45, 2.75) is 39.0 Å². The Bertz CT molecular complexity index is 613. The number of halogens is 4. The van der Waals surface area contributed by atoms with E-state index < -0.39 is 12.7 Å². The van der Waals surface area contributed by atoms with Crippen LogP contribution in [-0.2, 0) is 17.8 Å². The summed E-state index contributed by atoms with van der Waals surface area (Å²) in [7, 11) is 0. The molecule has 1 atom stereocenters. The Morgan fingerprint density at radius 3 is 2.88 bits per heavy atom. The number of aliphatic imine (C=N–C) groups is 1. The molecule has 3 rings (SSSR count). The molecule has 1 N–H and O–H groups in total. The van der Waals surface area contributed by atoms with Crippen molar-refractivity contribution >= 4 is 29.9 Å². The topological polar surface area (TPSA) is 54.7 Å². The summed E-state index contributed by atoms with van der Waals surface area (Å²) in [5.41, 5.74) is 0.199. The molecule has 148 valence electrons. The number of nitrogens with zero attached hydrogens (tertiary/aromatic N) is 4. The van der Waals surface area contributed by atoms with Gasteiger partial charge in [0.1, 0.15) is 18.9 Å². The number of alkyl halides is 3. The van der Waals surface area contributed by atoms with E-state index in [-0.39, 0.29) is 35.9 Å². The first-order valence-electron chi connectivity index (χ1n) is 8.59. The fraction of sp³-hybridized carbons (Fsp3) is 0.750. The van der Waals surface area contributed by atoms with E-state index in [1.165, 1.54) is 12.4 Å². The van der Waals surface area contributed by atoms with Crippen LogP contribution in [-0.4, -0.2) is 59.4 Å². The molecular weight excluding hydrogens is 462 g/mol. The van der Waals surface area contributed by atoms with Gasteiger partial charge >= 0.3 is 6.18 Å². The molecule has 2 aliphatic heterocycles. The summed E-state index contributed by atoms with van der Waals surface area (Å²) < 4.78 is 44.5. The highest BCUT2D eigenvalue weighted by Crippen LogP contribution is 2.38. The second-order valence-corrected chi connectivity index (χ2v) is 6.73. The number of likely N-dealkylation sites (tertiary alicyclic amines) is 1. The average molecular weight is 487 g/mol. The third kappa shape index (κ3) is 5.24. The van der Waals surface area contributed by atoms with E-state index in [0.29, 0.717) is 12.4 Å². The third-order valence-electron chi connectivity index (χ3n) is 4.78. The summed E-state index contributed by atoms with van der Waals surface area (Å²) >= 11 is 0. The lowest BCUT2D eigenvalue weighted by molar-refractivity contribution is -0.141. The van der Waals surface area contributed by atoms with Gasteiger partial charge in [-0.1, -0.05) is 0 Å². The maximum Gasteiger partial charge on any atom is 0.406 e. The minimum Gasteiger partial charge on any atom is -0.381 e.